The van der Waals surface area contributed by atoms with Gasteiger partial charge in [-0.1, -0.05) is 56.2 Å². The first kappa shape index (κ1) is 34.4. The molecule has 0 aliphatic rings. The molecule has 0 aromatic heterocycles. The topological polar surface area (TPSA) is 90.9 Å². The highest BCUT2D eigenvalue weighted by molar-refractivity contribution is 5.70. The fourth-order valence-corrected chi connectivity index (χ4v) is 3.13. The van der Waals surface area contributed by atoms with Crippen LogP contribution in [0.1, 0.15) is 111 Å². The van der Waals surface area contributed by atoms with E-state index in [4.69, 9.17) is 14.2 Å². The van der Waals surface area contributed by atoms with Crippen LogP contribution in [0.4, 0.5) is 4.79 Å². The van der Waals surface area contributed by atoms with Crippen LogP contribution in [-0.2, 0) is 23.8 Å². The minimum Gasteiger partial charge on any atom is -0.466 e. The summed E-state index contributed by atoms with van der Waals surface area (Å²) >= 11 is 0. The lowest BCUT2D eigenvalue weighted by Crippen LogP contribution is -2.33. The van der Waals surface area contributed by atoms with Crippen molar-refractivity contribution in [3.05, 3.63) is 36.5 Å². The lowest BCUT2D eigenvalue weighted by Gasteiger charge is -2.19. The largest absolute Gasteiger partial charge is 0.466 e. The number of amides is 1. The van der Waals surface area contributed by atoms with Crippen LogP contribution in [-0.4, -0.2) is 43.4 Å². The van der Waals surface area contributed by atoms with Crippen LogP contribution in [0.25, 0.3) is 0 Å². The van der Waals surface area contributed by atoms with E-state index >= 15 is 0 Å². The van der Waals surface area contributed by atoms with Crippen LogP contribution >= 0.6 is 0 Å². The minimum atomic E-state index is -0.549. The van der Waals surface area contributed by atoms with Crippen LogP contribution in [0.2, 0.25) is 0 Å². The Labute approximate surface area is 225 Å². The monoisotopic (exact) mass is 521 g/mol. The van der Waals surface area contributed by atoms with Gasteiger partial charge in [0.15, 0.2) is 0 Å². The Morgan fingerprint density at radius 3 is 1.73 bits per heavy atom. The molecule has 0 radical (unpaired) electrons. The maximum atomic E-state index is 11.8. The molecule has 37 heavy (non-hydrogen) atoms. The molecule has 0 atom stereocenters. The first-order chi connectivity index (χ1) is 17.7. The SMILES string of the molecule is CCCCCC=CCC=CCC=CCCCCC(=O)OCCCOC(=O)CCCNC(=O)OC(C)(C)C. The Kier molecular flexibility index (Phi) is 22.2. The van der Waals surface area contributed by atoms with Gasteiger partial charge in [-0.2, -0.15) is 0 Å². The quantitative estimate of drug-likeness (QED) is 0.0734. The molecule has 0 rings (SSSR count). The summed E-state index contributed by atoms with van der Waals surface area (Å²) in [5.74, 6) is -0.551. The maximum absolute atomic E-state index is 11.8. The van der Waals surface area contributed by atoms with Crippen molar-refractivity contribution >= 4 is 18.0 Å². The summed E-state index contributed by atoms with van der Waals surface area (Å²) in [6.45, 7) is 8.38. The summed E-state index contributed by atoms with van der Waals surface area (Å²) in [7, 11) is 0. The summed E-state index contributed by atoms with van der Waals surface area (Å²) in [4.78, 5) is 35.0. The third-order valence-corrected chi connectivity index (χ3v) is 5.06. The molecule has 0 heterocycles. The fourth-order valence-electron chi connectivity index (χ4n) is 3.13. The van der Waals surface area contributed by atoms with E-state index in [-0.39, 0.29) is 31.6 Å². The van der Waals surface area contributed by atoms with E-state index in [2.05, 4.69) is 48.7 Å². The normalized spacial score (nSPS) is 11.9. The first-order valence-corrected chi connectivity index (χ1v) is 14.0. The van der Waals surface area contributed by atoms with Crippen molar-refractivity contribution in [2.75, 3.05) is 19.8 Å². The van der Waals surface area contributed by atoms with Crippen molar-refractivity contribution in [3.8, 4) is 0 Å². The van der Waals surface area contributed by atoms with E-state index < -0.39 is 11.7 Å². The second-order valence-corrected chi connectivity index (χ2v) is 9.95. The molecule has 0 aromatic rings. The van der Waals surface area contributed by atoms with Crippen molar-refractivity contribution in [1.82, 2.24) is 5.32 Å². The highest BCUT2D eigenvalue weighted by atomic mass is 16.6. The molecule has 212 valence electrons. The molecule has 0 fully saturated rings. The van der Waals surface area contributed by atoms with Crippen LogP contribution in [0.5, 0.6) is 0 Å². The zero-order valence-corrected chi connectivity index (χ0v) is 23.7. The number of rotatable bonds is 21. The molecule has 0 spiro atoms. The summed E-state index contributed by atoms with van der Waals surface area (Å²) in [6, 6.07) is 0. The smallest absolute Gasteiger partial charge is 0.407 e. The Balaban J connectivity index is 3.52. The van der Waals surface area contributed by atoms with Gasteiger partial charge in [0, 0.05) is 25.8 Å². The molecule has 1 N–H and O–H groups in total. The van der Waals surface area contributed by atoms with Crippen molar-refractivity contribution in [2.45, 2.75) is 117 Å². The molecule has 7 nitrogen and oxygen atoms in total. The lowest BCUT2D eigenvalue weighted by molar-refractivity contribution is -0.146. The van der Waals surface area contributed by atoms with Gasteiger partial charge in [0.2, 0.25) is 0 Å². The molecular weight excluding hydrogens is 470 g/mol. The second kappa shape index (κ2) is 23.8. The van der Waals surface area contributed by atoms with E-state index in [1.54, 1.807) is 20.8 Å². The molecule has 0 aliphatic carbocycles. The van der Waals surface area contributed by atoms with Gasteiger partial charge in [0.1, 0.15) is 5.60 Å². The minimum absolute atomic E-state index is 0.205. The second-order valence-electron chi connectivity index (χ2n) is 9.95. The predicted octanol–water partition coefficient (Wildman–Crippen LogP) is 7.36. The highest BCUT2D eigenvalue weighted by Crippen LogP contribution is 2.07. The number of alkyl carbamates (subject to hydrolysis) is 1. The highest BCUT2D eigenvalue weighted by Gasteiger charge is 2.15. The molecular formula is C30H51NO6. The number of carbonyl (C=O) groups excluding carboxylic acids is 3. The third-order valence-electron chi connectivity index (χ3n) is 5.06. The summed E-state index contributed by atoms with van der Waals surface area (Å²) < 4.78 is 15.4. The van der Waals surface area contributed by atoms with Crippen molar-refractivity contribution in [2.24, 2.45) is 0 Å². The molecule has 0 unspecified atom stereocenters. The van der Waals surface area contributed by atoms with E-state index in [0.29, 0.717) is 25.8 Å². The van der Waals surface area contributed by atoms with Crippen LogP contribution in [0.15, 0.2) is 36.5 Å². The fraction of sp³-hybridized carbons (Fsp3) is 0.700. The molecule has 0 aliphatic heterocycles. The molecule has 0 saturated heterocycles. The number of esters is 2. The standard InChI is InChI=1S/C30H51NO6/c1-5-6-7-8-9-10-11-12-13-14-15-16-17-18-19-22-27(32)35-25-21-26-36-28(33)23-20-24-31-29(34)37-30(2,3)4/h9-10,12-13,15-16H,5-8,11,14,17-26H2,1-4H3,(H,31,34). The number of carbonyl (C=O) groups is 3. The Hall–Kier alpha value is -2.57. The van der Waals surface area contributed by atoms with Crippen LogP contribution in [0, 0.1) is 0 Å². The molecule has 0 bridgehead atoms. The van der Waals surface area contributed by atoms with Crippen LogP contribution < -0.4 is 5.32 Å². The number of hydrogen-bond acceptors (Lipinski definition) is 6. The van der Waals surface area contributed by atoms with Gasteiger partial charge in [-0.15, -0.1) is 0 Å². The van der Waals surface area contributed by atoms with Crippen molar-refractivity contribution in [3.63, 3.8) is 0 Å². The van der Waals surface area contributed by atoms with Crippen molar-refractivity contribution in [1.29, 1.82) is 0 Å². The third kappa shape index (κ3) is 27.9. The Morgan fingerprint density at radius 2 is 1.19 bits per heavy atom. The number of ether oxygens (including phenoxy) is 3. The number of hydrogen-bond donors (Lipinski definition) is 1. The average Bonchev–Trinajstić information content (AvgIpc) is 2.83. The van der Waals surface area contributed by atoms with E-state index in [1.807, 2.05) is 0 Å². The van der Waals surface area contributed by atoms with Gasteiger partial charge in [-0.05, 0) is 72.1 Å². The van der Waals surface area contributed by atoms with Crippen molar-refractivity contribution < 1.29 is 28.6 Å². The van der Waals surface area contributed by atoms with Gasteiger partial charge in [-0.3, -0.25) is 9.59 Å². The summed E-state index contributed by atoms with van der Waals surface area (Å²) in [5, 5.41) is 2.60. The molecule has 0 saturated carbocycles. The van der Waals surface area contributed by atoms with E-state index in [1.165, 1.54) is 25.7 Å². The van der Waals surface area contributed by atoms with Gasteiger partial charge in [0.25, 0.3) is 0 Å². The zero-order chi connectivity index (χ0) is 27.6. The molecule has 1 amide bonds. The number of allylic oxidation sites excluding steroid dienone is 6. The van der Waals surface area contributed by atoms with E-state index in [0.717, 1.165) is 32.1 Å². The Morgan fingerprint density at radius 1 is 0.676 bits per heavy atom. The summed E-state index contributed by atoms with van der Waals surface area (Å²) in [5.41, 5.74) is -0.549. The molecule has 0 aromatic carbocycles. The van der Waals surface area contributed by atoms with Gasteiger partial charge in [-0.25, -0.2) is 4.79 Å². The van der Waals surface area contributed by atoms with Crippen LogP contribution in [0.3, 0.4) is 0 Å². The summed E-state index contributed by atoms with van der Waals surface area (Å²) in [6.07, 6.45) is 24.0. The Bertz CT molecular complexity index is 691. The van der Waals surface area contributed by atoms with Gasteiger partial charge < -0.3 is 19.5 Å². The maximum Gasteiger partial charge on any atom is 0.407 e. The van der Waals surface area contributed by atoms with Gasteiger partial charge >= 0.3 is 18.0 Å². The number of unbranched alkanes of at least 4 members (excludes halogenated alkanes) is 5. The first-order valence-electron chi connectivity index (χ1n) is 14.0. The zero-order valence-electron chi connectivity index (χ0n) is 23.7. The number of nitrogens with one attached hydrogen (secondary N) is 1. The van der Waals surface area contributed by atoms with E-state index in [9.17, 15) is 14.4 Å². The molecule has 7 heteroatoms. The lowest BCUT2D eigenvalue weighted by atomic mass is 10.1. The van der Waals surface area contributed by atoms with Gasteiger partial charge in [0.05, 0.1) is 13.2 Å². The average molecular weight is 522 g/mol. The predicted molar refractivity (Wildman–Crippen MR) is 149 cm³/mol.